The van der Waals surface area contributed by atoms with E-state index in [1.165, 1.54) is 4.90 Å². The van der Waals surface area contributed by atoms with Gasteiger partial charge < -0.3 is 9.64 Å². The zero-order valence-corrected chi connectivity index (χ0v) is 11.9. The number of nitriles is 1. The molecule has 1 atom stereocenters. The van der Waals surface area contributed by atoms with Gasteiger partial charge in [0.25, 0.3) is 0 Å². The normalized spacial score (nSPS) is 11.8. The molecule has 0 aliphatic heterocycles. The standard InChI is InChI=1S/C15H20N2O2/c1-11(2)14(10-16)17(3)15(18)9-12-5-7-13(19-4)8-6-12/h5-8,11,14H,9H2,1-4H3. The van der Waals surface area contributed by atoms with Gasteiger partial charge in [-0.2, -0.15) is 5.26 Å². The highest BCUT2D eigenvalue weighted by Gasteiger charge is 2.22. The molecule has 0 spiro atoms. The summed E-state index contributed by atoms with van der Waals surface area (Å²) in [5.41, 5.74) is 0.915. The molecule has 0 heterocycles. The van der Waals surface area contributed by atoms with Gasteiger partial charge in [0.05, 0.1) is 19.6 Å². The number of amides is 1. The van der Waals surface area contributed by atoms with Gasteiger partial charge in [0, 0.05) is 7.05 Å². The molecule has 0 saturated carbocycles. The summed E-state index contributed by atoms with van der Waals surface area (Å²) in [5, 5.41) is 9.09. The third-order valence-corrected chi connectivity index (χ3v) is 3.09. The van der Waals surface area contributed by atoms with E-state index in [9.17, 15) is 4.79 Å². The van der Waals surface area contributed by atoms with Crippen LogP contribution in [0.3, 0.4) is 0 Å². The van der Waals surface area contributed by atoms with Gasteiger partial charge in [0.15, 0.2) is 0 Å². The summed E-state index contributed by atoms with van der Waals surface area (Å²) < 4.78 is 5.07. The highest BCUT2D eigenvalue weighted by molar-refractivity contribution is 5.79. The van der Waals surface area contributed by atoms with Crippen molar-refractivity contribution in [2.45, 2.75) is 26.3 Å². The number of hydrogen-bond acceptors (Lipinski definition) is 3. The van der Waals surface area contributed by atoms with Crippen LogP contribution in [0.5, 0.6) is 5.75 Å². The first-order valence-corrected chi connectivity index (χ1v) is 6.27. The minimum absolute atomic E-state index is 0.0505. The summed E-state index contributed by atoms with van der Waals surface area (Å²) in [6.07, 6.45) is 0.297. The quantitative estimate of drug-likeness (QED) is 0.816. The Morgan fingerprint density at radius 1 is 1.37 bits per heavy atom. The zero-order chi connectivity index (χ0) is 14.4. The monoisotopic (exact) mass is 260 g/mol. The van der Waals surface area contributed by atoms with E-state index in [0.29, 0.717) is 6.42 Å². The Labute approximate surface area is 114 Å². The maximum Gasteiger partial charge on any atom is 0.227 e. The van der Waals surface area contributed by atoms with Crippen molar-refractivity contribution in [2.75, 3.05) is 14.2 Å². The Morgan fingerprint density at radius 2 is 1.95 bits per heavy atom. The van der Waals surface area contributed by atoms with Gasteiger partial charge in [-0.1, -0.05) is 26.0 Å². The molecule has 0 N–H and O–H groups in total. The molecule has 0 bridgehead atoms. The molecule has 0 aromatic heterocycles. The van der Waals surface area contributed by atoms with Crippen LogP contribution in [0, 0.1) is 17.2 Å². The molecule has 102 valence electrons. The largest absolute Gasteiger partial charge is 0.497 e. The zero-order valence-electron chi connectivity index (χ0n) is 11.9. The van der Waals surface area contributed by atoms with E-state index < -0.39 is 0 Å². The summed E-state index contributed by atoms with van der Waals surface area (Å²) in [7, 11) is 3.29. The summed E-state index contributed by atoms with van der Waals surface area (Å²) in [5.74, 6) is 0.835. The van der Waals surface area contributed by atoms with Crippen LogP contribution < -0.4 is 4.74 Å². The molecule has 0 aliphatic rings. The predicted octanol–water partition coefficient (Wildman–Crippen LogP) is 2.24. The van der Waals surface area contributed by atoms with Crippen LogP contribution in [0.15, 0.2) is 24.3 Å². The lowest BCUT2D eigenvalue weighted by Gasteiger charge is -2.25. The van der Waals surface area contributed by atoms with Crippen LogP contribution in [0.25, 0.3) is 0 Å². The minimum atomic E-state index is -0.384. The second kappa shape index (κ2) is 6.79. The van der Waals surface area contributed by atoms with Crippen molar-refractivity contribution in [3.05, 3.63) is 29.8 Å². The van der Waals surface area contributed by atoms with Crippen molar-refractivity contribution in [2.24, 2.45) is 5.92 Å². The topological polar surface area (TPSA) is 53.3 Å². The molecule has 1 unspecified atom stereocenters. The molecule has 0 fully saturated rings. The highest BCUT2D eigenvalue weighted by Crippen LogP contribution is 2.14. The number of carbonyl (C=O) groups excluding carboxylic acids is 1. The second-order valence-electron chi connectivity index (χ2n) is 4.85. The van der Waals surface area contributed by atoms with Crippen LogP contribution in [0.4, 0.5) is 0 Å². The van der Waals surface area contributed by atoms with Crippen molar-refractivity contribution in [3.8, 4) is 11.8 Å². The predicted molar refractivity (Wildman–Crippen MR) is 73.7 cm³/mol. The molecule has 19 heavy (non-hydrogen) atoms. The number of ether oxygens (including phenoxy) is 1. The van der Waals surface area contributed by atoms with Gasteiger partial charge in [-0.3, -0.25) is 4.79 Å². The van der Waals surface area contributed by atoms with Crippen molar-refractivity contribution in [1.29, 1.82) is 5.26 Å². The van der Waals surface area contributed by atoms with E-state index in [1.807, 2.05) is 38.1 Å². The van der Waals surface area contributed by atoms with E-state index in [-0.39, 0.29) is 17.9 Å². The van der Waals surface area contributed by atoms with E-state index in [0.717, 1.165) is 11.3 Å². The number of likely N-dealkylation sites (N-methyl/N-ethyl adjacent to an activating group) is 1. The van der Waals surface area contributed by atoms with Gasteiger partial charge in [0.1, 0.15) is 11.8 Å². The van der Waals surface area contributed by atoms with Crippen LogP contribution >= 0.6 is 0 Å². The number of rotatable bonds is 5. The highest BCUT2D eigenvalue weighted by atomic mass is 16.5. The van der Waals surface area contributed by atoms with E-state index in [2.05, 4.69) is 6.07 Å². The Bertz CT molecular complexity index is 460. The molecule has 0 saturated heterocycles. The van der Waals surface area contributed by atoms with Crippen molar-refractivity contribution >= 4 is 5.91 Å². The van der Waals surface area contributed by atoms with Crippen molar-refractivity contribution in [1.82, 2.24) is 4.90 Å². The molecular formula is C15H20N2O2. The molecule has 0 radical (unpaired) electrons. The van der Waals surface area contributed by atoms with Crippen LogP contribution in [0.2, 0.25) is 0 Å². The SMILES string of the molecule is COc1ccc(CC(=O)N(C)C(C#N)C(C)C)cc1. The fourth-order valence-corrected chi connectivity index (χ4v) is 1.88. The second-order valence-corrected chi connectivity index (χ2v) is 4.85. The van der Waals surface area contributed by atoms with Gasteiger partial charge >= 0.3 is 0 Å². The van der Waals surface area contributed by atoms with Crippen LogP contribution in [-0.4, -0.2) is 31.0 Å². The number of methoxy groups -OCH3 is 1. The third kappa shape index (κ3) is 3.99. The molecule has 1 rings (SSSR count). The summed E-state index contributed by atoms with van der Waals surface area (Å²) in [6, 6.07) is 9.17. The minimum Gasteiger partial charge on any atom is -0.497 e. The molecule has 0 aliphatic carbocycles. The Kier molecular flexibility index (Phi) is 5.37. The van der Waals surface area contributed by atoms with Gasteiger partial charge in [-0.15, -0.1) is 0 Å². The van der Waals surface area contributed by atoms with E-state index in [1.54, 1.807) is 14.2 Å². The number of benzene rings is 1. The van der Waals surface area contributed by atoms with Crippen molar-refractivity contribution < 1.29 is 9.53 Å². The first-order valence-electron chi connectivity index (χ1n) is 6.27. The lowest BCUT2D eigenvalue weighted by molar-refractivity contribution is -0.130. The first-order chi connectivity index (χ1) is 8.99. The summed E-state index contributed by atoms with van der Waals surface area (Å²) in [6.45, 7) is 3.87. The summed E-state index contributed by atoms with van der Waals surface area (Å²) >= 11 is 0. The first kappa shape index (κ1) is 15.0. The van der Waals surface area contributed by atoms with E-state index >= 15 is 0 Å². The fraction of sp³-hybridized carbons (Fsp3) is 0.467. The average Bonchev–Trinajstić information content (AvgIpc) is 2.39. The van der Waals surface area contributed by atoms with Crippen molar-refractivity contribution in [3.63, 3.8) is 0 Å². The van der Waals surface area contributed by atoms with Crippen LogP contribution in [0.1, 0.15) is 19.4 Å². The summed E-state index contributed by atoms with van der Waals surface area (Å²) in [4.78, 5) is 13.6. The Balaban J connectivity index is 2.70. The molecule has 1 aromatic rings. The van der Waals surface area contributed by atoms with Crippen LogP contribution in [-0.2, 0) is 11.2 Å². The molecule has 1 aromatic carbocycles. The average molecular weight is 260 g/mol. The van der Waals surface area contributed by atoms with Gasteiger partial charge in [0.2, 0.25) is 5.91 Å². The maximum atomic E-state index is 12.1. The number of carbonyl (C=O) groups is 1. The van der Waals surface area contributed by atoms with E-state index in [4.69, 9.17) is 10.00 Å². The Morgan fingerprint density at radius 3 is 2.37 bits per heavy atom. The smallest absolute Gasteiger partial charge is 0.227 e. The molecule has 4 heteroatoms. The molecule has 1 amide bonds. The molecular weight excluding hydrogens is 240 g/mol. The Hall–Kier alpha value is -2.02. The maximum absolute atomic E-state index is 12.1. The number of nitrogens with zero attached hydrogens (tertiary/aromatic N) is 2. The lowest BCUT2D eigenvalue weighted by Crippen LogP contribution is -2.40. The van der Waals surface area contributed by atoms with Gasteiger partial charge in [-0.25, -0.2) is 0 Å². The van der Waals surface area contributed by atoms with Gasteiger partial charge in [-0.05, 0) is 23.6 Å². The fourth-order valence-electron chi connectivity index (χ4n) is 1.88. The molecule has 4 nitrogen and oxygen atoms in total. The number of hydrogen-bond donors (Lipinski definition) is 0. The lowest BCUT2D eigenvalue weighted by atomic mass is 10.0. The third-order valence-electron chi connectivity index (χ3n) is 3.09.